The SMILES string of the molecule is COc1ccc(/C=C/C(=O)NCCC[Si](OC)(OC)OC)cc1. The number of rotatable bonds is 10. The molecule has 7 heteroatoms. The molecular weight excluding hydrogens is 314 g/mol. The van der Waals surface area contributed by atoms with Gasteiger partial charge in [0.15, 0.2) is 0 Å². The van der Waals surface area contributed by atoms with Crippen molar-refractivity contribution >= 4 is 20.8 Å². The van der Waals surface area contributed by atoms with Gasteiger partial charge < -0.3 is 23.3 Å². The van der Waals surface area contributed by atoms with Gasteiger partial charge in [-0.25, -0.2) is 0 Å². The molecule has 6 nitrogen and oxygen atoms in total. The Morgan fingerprint density at radius 3 is 2.22 bits per heavy atom. The molecule has 0 aliphatic carbocycles. The van der Waals surface area contributed by atoms with Gasteiger partial charge >= 0.3 is 8.80 Å². The Hall–Kier alpha value is -1.67. The summed E-state index contributed by atoms with van der Waals surface area (Å²) < 4.78 is 21.1. The lowest BCUT2D eigenvalue weighted by Crippen LogP contribution is -2.43. The molecule has 0 saturated heterocycles. The Kier molecular flexibility index (Phi) is 8.56. The van der Waals surface area contributed by atoms with Gasteiger partial charge in [0.2, 0.25) is 5.91 Å². The van der Waals surface area contributed by atoms with Crippen LogP contribution in [0.4, 0.5) is 0 Å². The molecule has 0 aromatic heterocycles. The number of hydrogen-bond acceptors (Lipinski definition) is 5. The fourth-order valence-corrected chi connectivity index (χ4v) is 3.74. The van der Waals surface area contributed by atoms with Crippen LogP contribution in [0.25, 0.3) is 6.08 Å². The molecule has 0 aliphatic rings. The summed E-state index contributed by atoms with van der Waals surface area (Å²) in [5.74, 6) is 0.647. The number of methoxy groups -OCH3 is 1. The highest BCUT2D eigenvalue weighted by molar-refractivity contribution is 6.60. The summed E-state index contributed by atoms with van der Waals surface area (Å²) >= 11 is 0. The van der Waals surface area contributed by atoms with Crippen LogP contribution in [-0.2, 0) is 18.1 Å². The zero-order chi connectivity index (χ0) is 17.1. The Morgan fingerprint density at radius 2 is 1.70 bits per heavy atom. The van der Waals surface area contributed by atoms with E-state index < -0.39 is 8.80 Å². The van der Waals surface area contributed by atoms with E-state index in [0.717, 1.165) is 17.7 Å². The van der Waals surface area contributed by atoms with Crippen LogP contribution in [0.1, 0.15) is 12.0 Å². The summed E-state index contributed by atoms with van der Waals surface area (Å²) in [5, 5.41) is 2.83. The Bertz CT molecular complexity index is 491. The number of ether oxygens (including phenoxy) is 1. The lowest BCUT2D eigenvalue weighted by molar-refractivity contribution is -0.116. The third-order valence-electron chi connectivity index (χ3n) is 3.43. The van der Waals surface area contributed by atoms with Crippen molar-refractivity contribution in [1.29, 1.82) is 0 Å². The zero-order valence-electron chi connectivity index (χ0n) is 14.1. The summed E-state index contributed by atoms with van der Waals surface area (Å²) in [6.45, 7) is 0.538. The molecule has 0 aliphatic heterocycles. The first-order valence-corrected chi connectivity index (χ1v) is 9.27. The molecule has 0 atom stereocenters. The van der Waals surface area contributed by atoms with Crippen molar-refractivity contribution in [3.05, 3.63) is 35.9 Å². The maximum absolute atomic E-state index is 11.8. The maximum Gasteiger partial charge on any atom is 0.500 e. The smallest absolute Gasteiger partial charge is 0.497 e. The summed E-state index contributed by atoms with van der Waals surface area (Å²) in [6, 6.07) is 8.12. The Balaban J connectivity index is 2.35. The van der Waals surface area contributed by atoms with Gasteiger partial charge in [0.05, 0.1) is 7.11 Å². The van der Waals surface area contributed by atoms with Crippen LogP contribution >= 0.6 is 0 Å². The first kappa shape index (κ1) is 19.4. The Labute approximate surface area is 138 Å². The monoisotopic (exact) mass is 339 g/mol. The second-order valence-corrected chi connectivity index (χ2v) is 7.89. The molecule has 128 valence electrons. The van der Waals surface area contributed by atoms with Gasteiger partial charge in [-0.3, -0.25) is 4.79 Å². The predicted octanol–water partition coefficient (Wildman–Crippen LogP) is 2.09. The van der Waals surface area contributed by atoms with Crippen molar-refractivity contribution in [2.24, 2.45) is 0 Å². The van der Waals surface area contributed by atoms with Crippen molar-refractivity contribution in [3.8, 4) is 5.75 Å². The molecule has 1 amide bonds. The third-order valence-corrected chi connectivity index (χ3v) is 6.27. The highest BCUT2D eigenvalue weighted by atomic mass is 28.4. The first-order valence-electron chi connectivity index (χ1n) is 7.34. The number of carbonyl (C=O) groups excluding carboxylic acids is 1. The summed E-state index contributed by atoms with van der Waals surface area (Å²) in [6.07, 6.45) is 3.99. The molecule has 1 aromatic carbocycles. The zero-order valence-corrected chi connectivity index (χ0v) is 15.1. The van der Waals surface area contributed by atoms with E-state index in [4.69, 9.17) is 18.0 Å². The predicted molar refractivity (Wildman–Crippen MR) is 91.2 cm³/mol. The van der Waals surface area contributed by atoms with E-state index in [1.807, 2.05) is 24.3 Å². The van der Waals surface area contributed by atoms with Gasteiger partial charge in [0.1, 0.15) is 5.75 Å². The van der Waals surface area contributed by atoms with Crippen LogP contribution in [0.5, 0.6) is 5.75 Å². The molecule has 1 aromatic rings. The lowest BCUT2D eigenvalue weighted by atomic mass is 10.2. The van der Waals surface area contributed by atoms with Crippen LogP contribution in [-0.4, -0.2) is 49.7 Å². The maximum atomic E-state index is 11.8. The van der Waals surface area contributed by atoms with E-state index in [1.165, 1.54) is 6.08 Å². The second kappa shape index (κ2) is 10.2. The molecule has 0 unspecified atom stereocenters. The van der Waals surface area contributed by atoms with Gasteiger partial charge in [-0.1, -0.05) is 12.1 Å². The number of amides is 1. The van der Waals surface area contributed by atoms with E-state index in [1.54, 1.807) is 34.5 Å². The van der Waals surface area contributed by atoms with Crippen LogP contribution < -0.4 is 10.1 Å². The van der Waals surface area contributed by atoms with Crippen LogP contribution in [0.2, 0.25) is 6.04 Å². The minimum absolute atomic E-state index is 0.139. The molecule has 0 heterocycles. The van der Waals surface area contributed by atoms with Gasteiger partial charge in [-0.15, -0.1) is 0 Å². The van der Waals surface area contributed by atoms with Crippen molar-refractivity contribution < 1.29 is 22.8 Å². The van der Waals surface area contributed by atoms with Gasteiger partial charge in [-0.2, -0.15) is 0 Å². The lowest BCUT2D eigenvalue weighted by Gasteiger charge is -2.24. The number of carbonyl (C=O) groups is 1. The van der Waals surface area contributed by atoms with E-state index in [9.17, 15) is 4.79 Å². The fraction of sp³-hybridized carbons (Fsp3) is 0.438. The number of nitrogens with one attached hydrogen (secondary N) is 1. The second-order valence-electron chi connectivity index (χ2n) is 4.80. The molecule has 0 saturated carbocycles. The van der Waals surface area contributed by atoms with E-state index in [0.29, 0.717) is 12.6 Å². The minimum Gasteiger partial charge on any atom is -0.497 e. The standard InChI is InChI=1S/C16H25NO5Si/c1-19-15-9-6-14(7-10-15)8-11-16(18)17-12-5-13-23(20-2,21-3)22-4/h6-11H,5,12-13H2,1-4H3,(H,17,18)/b11-8+. The van der Waals surface area contributed by atoms with E-state index in [2.05, 4.69) is 5.32 Å². The average molecular weight is 339 g/mol. The number of benzene rings is 1. The Morgan fingerprint density at radius 1 is 1.09 bits per heavy atom. The van der Waals surface area contributed by atoms with Gasteiger partial charge in [-0.05, 0) is 30.2 Å². The van der Waals surface area contributed by atoms with Crippen LogP contribution in [0.3, 0.4) is 0 Å². The third kappa shape index (κ3) is 6.53. The van der Waals surface area contributed by atoms with Crippen molar-refractivity contribution in [3.63, 3.8) is 0 Å². The number of hydrogen-bond donors (Lipinski definition) is 1. The molecular formula is C16H25NO5Si. The van der Waals surface area contributed by atoms with Crippen LogP contribution in [0, 0.1) is 0 Å². The minimum atomic E-state index is -2.55. The quantitative estimate of drug-likeness (QED) is 0.402. The molecule has 1 rings (SSSR count). The van der Waals surface area contributed by atoms with Crippen molar-refractivity contribution in [2.75, 3.05) is 35.0 Å². The summed E-state index contributed by atoms with van der Waals surface area (Å²) in [7, 11) is 3.80. The van der Waals surface area contributed by atoms with E-state index >= 15 is 0 Å². The van der Waals surface area contributed by atoms with Crippen molar-refractivity contribution in [2.45, 2.75) is 12.5 Å². The highest BCUT2D eigenvalue weighted by Gasteiger charge is 2.36. The fourth-order valence-electron chi connectivity index (χ4n) is 2.02. The molecule has 0 spiro atoms. The topological polar surface area (TPSA) is 66.0 Å². The van der Waals surface area contributed by atoms with Gasteiger partial charge in [0, 0.05) is 40.0 Å². The molecule has 0 radical (unpaired) electrons. The molecule has 1 N–H and O–H groups in total. The summed E-state index contributed by atoms with van der Waals surface area (Å²) in [4.78, 5) is 11.8. The normalized spacial score (nSPS) is 11.7. The van der Waals surface area contributed by atoms with Crippen molar-refractivity contribution in [1.82, 2.24) is 5.32 Å². The average Bonchev–Trinajstić information content (AvgIpc) is 2.61. The largest absolute Gasteiger partial charge is 0.500 e. The molecule has 0 bridgehead atoms. The molecule has 23 heavy (non-hydrogen) atoms. The highest BCUT2D eigenvalue weighted by Crippen LogP contribution is 2.14. The van der Waals surface area contributed by atoms with E-state index in [-0.39, 0.29) is 5.91 Å². The summed E-state index contributed by atoms with van der Waals surface area (Å²) in [5.41, 5.74) is 0.936. The van der Waals surface area contributed by atoms with Gasteiger partial charge in [0.25, 0.3) is 0 Å². The first-order chi connectivity index (χ1) is 11.1. The van der Waals surface area contributed by atoms with Crippen LogP contribution in [0.15, 0.2) is 30.3 Å². The molecule has 0 fully saturated rings.